The molecule has 7 heteroatoms. The van der Waals surface area contributed by atoms with E-state index in [1.54, 1.807) is 12.1 Å². The lowest BCUT2D eigenvalue weighted by molar-refractivity contribution is -0.384. The molecule has 4 aromatic rings. The van der Waals surface area contributed by atoms with Crippen LogP contribution in [-0.2, 0) is 6.54 Å². The van der Waals surface area contributed by atoms with Gasteiger partial charge >= 0.3 is 5.76 Å². The van der Waals surface area contributed by atoms with E-state index in [0.717, 1.165) is 10.8 Å². The predicted molar refractivity (Wildman–Crippen MR) is 95.4 cm³/mol. The fraction of sp³-hybridized carbons (Fsp3) is 0.0526. The van der Waals surface area contributed by atoms with E-state index in [0.29, 0.717) is 11.1 Å². The highest BCUT2D eigenvalue weighted by molar-refractivity contribution is 6.00. The van der Waals surface area contributed by atoms with Crippen LogP contribution in [0, 0.1) is 10.1 Å². The van der Waals surface area contributed by atoms with Gasteiger partial charge in [-0.1, -0.05) is 36.4 Å². The first-order chi connectivity index (χ1) is 12.5. The molecule has 4 rings (SSSR count). The average Bonchev–Trinajstić information content (AvgIpc) is 2.95. The normalized spacial score (nSPS) is 11.1. The van der Waals surface area contributed by atoms with Crippen LogP contribution in [0.3, 0.4) is 0 Å². The van der Waals surface area contributed by atoms with Gasteiger partial charge in [-0.05, 0) is 22.9 Å². The smallest absolute Gasteiger partial charge is 0.407 e. The minimum Gasteiger partial charge on any atom is -0.407 e. The molecule has 0 fully saturated rings. The van der Waals surface area contributed by atoms with Gasteiger partial charge in [0.15, 0.2) is 11.4 Å². The summed E-state index contributed by atoms with van der Waals surface area (Å²) in [6.45, 7) is -0.206. The van der Waals surface area contributed by atoms with Crippen molar-refractivity contribution in [1.29, 1.82) is 0 Å². The van der Waals surface area contributed by atoms with Crippen LogP contribution in [0.4, 0.5) is 5.69 Å². The van der Waals surface area contributed by atoms with E-state index in [2.05, 4.69) is 0 Å². The third kappa shape index (κ3) is 2.65. The van der Waals surface area contributed by atoms with Crippen molar-refractivity contribution >= 4 is 33.3 Å². The van der Waals surface area contributed by atoms with E-state index in [-0.39, 0.29) is 23.6 Å². The van der Waals surface area contributed by atoms with Crippen LogP contribution >= 0.6 is 0 Å². The molecule has 128 valence electrons. The zero-order valence-electron chi connectivity index (χ0n) is 13.4. The number of hydrogen-bond acceptors (Lipinski definition) is 5. The maximum atomic E-state index is 12.6. The number of nitro benzene ring substituents is 1. The standard InChI is InChI=1S/C19H12N2O5/c22-17(14-6-5-12-3-1-2-4-13(12)9-14)11-20-16-8-7-15(21(24)25)10-18(16)26-19(20)23/h1-10H,11H2. The summed E-state index contributed by atoms with van der Waals surface area (Å²) in [5, 5.41) is 12.8. The number of Topliss-reactive ketones (excluding diaryl/α,β-unsaturated/α-hetero) is 1. The molecule has 0 spiro atoms. The number of benzene rings is 3. The van der Waals surface area contributed by atoms with Gasteiger partial charge in [-0.3, -0.25) is 19.5 Å². The van der Waals surface area contributed by atoms with Crippen LogP contribution in [0.15, 0.2) is 69.9 Å². The SMILES string of the molecule is O=C(Cn1c(=O)oc2cc([N+](=O)[O-])ccc21)c1ccc2ccccc2c1. The van der Waals surface area contributed by atoms with Crippen molar-refractivity contribution in [3.63, 3.8) is 0 Å². The molecule has 1 heterocycles. The number of carbonyl (C=O) groups excluding carboxylic acids is 1. The lowest BCUT2D eigenvalue weighted by atomic mass is 10.0. The Labute approximate surface area is 146 Å². The highest BCUT2D eigenvalue weighted by Gasteiger charge is 2.17. The predicted octanol–water partition coefficient (Wildman–Crippen LogP) is 3.54. The Bertz CT molecular complexity index is 1240. The molecule has 0 amide bonds. The minimum atomic E-state index is -0.727. The van der Waals surface area contributed by atoms with Crippen molar-refractivity contribution in [3.8, 4) is 0 Å². The van der Waals surface area contributed by atoms with Crippen molar-refractivity contribution in [3.05, 3.63) is 86.9 Å². The fourth-order valence-corrected chi connectivity index (χ4v) is 2.92. The largest absolute Gasteiger partial charge is 0.420 e. The molecule has 0 saturated heterocycles. The van der Waals surface area contributed by atoms with E-state index >= 15 is 0 Å². The minimum absolute atomic E-state index is 0.0792. The Hall–Kier alpha value is -3.74. The second kappa shape index (κ2) is 5.96. The third-order valence-electron chi connectivity index (χ3n) is 4.24. The Kier molecular flexibility index (Phi) is 3.62. The quantitative estimate of drug-likeness (QED) is 0.319. The second-order valence-electron chi connectivity index (χ2n) is 5.85. The van der Waals surface area contributed by atoms with Crippen molar-refractivity contribution in [1.82, 2.24) is 4.57 Å². The van der Waals surface area contributed by atoms with Gasteiger partial charge in [0.25, 0.3) is 5.69 Å². The van der Waals surface area contributed by atoms with Gasteiger partial charge in [-0.2, -0.15) is 0 Å². The number of nitrogens with zero attached hydrogens (tertiary/aromatic N) is 2. The highest BCUT2D eigenvalue weighted by Crippen LogP contribution is 2.21. The van der Waals surface area contributed by atoms with Crippen LogP contribution < -0.4 is 5.76 Å². The van der Waals surface area contributed by atoms with E-state index in [9.17, 15) is 19.7 Å². The van der Waals surface area contributed by atoms with E-state index in [1.807, 2.05) is 30.3 Å². The number of carbonyl (C=O) groups is 1. The second-order valence-corrected chi connectivity index (χ2v) is 5.85. The molecule has 0 unspecified atom stereocenters. The molecular weight excluding hydrogens is 336 g/mol. The molecule has 0 saturated carbocycles. The molecular formula is C19H12N2O5. The topological polar surface area (TPSA) is 95.3 Å². The fourth-order valence-electron chi connectivity index (χ4n) is 2.92. The lowest BCUT2D eigenvalue weighted by Gasteiger charge is -2.04. The summed E-state index contributed by atoms with van der Waals surface area (Å²) in [4.78, 5) is 34.9. The molecule has 0 aliphatic rings. The number of fused-ring (bicyclic) bond motifs is 2. The zero-order chi connectivity index (χ0) is 18.3. The first-order valence-electron chi connectivity index (χ1n) is 7.83. The molecule has 0 bridgehead atoms. The molecule has 0 aliphatic carbocycles. The van der Waals surface area contributed by atoms with Crippen molar-refractivity contribution in [2.24, 2.45) is 0 Å². The van der Waals surface area contributed by atoms with E-state index < -0.39 is 10.7 Å². The van der Waals surface area contributed by atoms with Gasteiger partial charge in [0.2, 0.25) is 0 Å². The van der Waals surface area contributed by atoms with Crippen molar-refractivity contribution in [2.75, 3.05) is 0 Å². The van der Waals surface area contributed by atoms with Gasteiger partial charge in [0.1, 0.15) is 0 Å². The van der Waals surface area contributed by atoms with E-state index in [1.165, 1.54) is 22.8 Å². The summed E-state index contributed by atoms with van der Waals surface area (Å²) < 4.78 is 6.22. The highest BCUT2D eigenvalue weighted by atomic mass is 16.6. The van der Waals surface area contributed by atoms with Crippen LogP contribution in [0.25, 0.3) is 21.9 Å². The number of aromatic nitrogens is 1. The molecule has 1 aromatic heterocycles. The molecule has 0 atom stereocenters. The van der Waals surface area contributed by atoms with Gasteiger partial charge in [-0.15, -0.1) is 0 Å². The molecule has 3 aromatic carbocycles. The van der Waals surface area contributed by atoms with Crippen molar-refractivity contribution < 1.29 is 14.1 Å². The monoisotopic (exact) mass is 348 g/mol. The first kappa shape index (κ1) is 15.8. The maximum Gasteiger partial charge on any atom is 0.420 e. The van der Waals surface area contributed by atoms with Gasteiger partial charge in [0, 0.05) is 11.6 Å². The summed E-state index contributed by atoms with van der Waals surface area (Å²) in [6, 6.07) is 16.8. The number of nitro groups is 1. The average molecular weight is 348 g/mol. The number of ketones is 1. The summed E-state index contributed by atoms with van der Waals surface area (Å²) >= 11 is 0. The number of hydrogen-bond donors (Lipinski definition) is 0. The Morgan fingerprint density at radius 3 is 2.58 bits per heavy atom. The summed E-state index contributed by atoms with van der Waals surface area (Å²) in [5.41, 5.74) is 0.719. The number of non-ortho nitro benzene ring substituents is 1. The Morgan fingerprint density at radius 1 is 1.04 bits per heavy atom. The lowest BCUT2D eigenvalue weighted by Crippen LogP contribution is -2.20. The van der Waals surface area contributed by atoms with Crippen LogP contribution in [0.1, 0.15) is 10.4 Å². The summed E-state index contributed by atoms with van der Waals surface area (Å²) in [5.74, 6) is -0.978. The Morgan fingerprint density at radius 2 is 1.81 bits per heavy atom. The van der Waals surface area contributed by atoms with Crippen LogP contribution in [0.5, 0.6) is 0 Å². The maximum absolute atomic E-state index is 12.6. The van der Waals surface area contributed by atoms with Crippen molar-refractivity contribution in [2.45, 2.75) is 6.54 Å². The van der Waals surface area contributed by atoms with E-state index in [4.69, 9.17) is 4.42 Å². The molecule has 0 aliphatic heterocycles. The summed E-state index contributed by atoms with van der Waals surface area (Å²) in [6.07, 6.45) is 0. The van der Waals surface area contributed by atoms with Crippen LogP contribution in [0.2, 0.25) is 0 Å². The molecule has 0 N–H and O–H groups in total. The van der Waals surface area contributed by atoms with Crippen LogP contribution in [-0.4, -0.2) is 15.3 Å². The molecule has 7 nitrogen and oxygen atoms in total. The number of oxazole rings is 1. The van der Waals surface area contributed by atoms with Gasteiger partial charge < -0.3 is 4.42 Å². The third-order valence-corrected chi connectivity index (χ3v) is 4.24. The summed E-state index contributed by atoms with van der Waals surface area (Å²) in [7, 11) is 0. The Balaban J connectivity index is 1.71. The molecule has 26 heavy (non-hydrogen) atoms. The zero-order valence-corrected chi connectivity index (χ0v) is 13.4. The number of rotatable bonds is 4. The molecule has 0 radical (unpaired) electrons. The first-order valence-corrected chi connectivity index (χ1v) is 7.83. The van der Waals surface area contributed by atoms with Gasteiger partial charge in [-0.25, -0.2) is 4.79 Å². The van der Waals surface area contributed by atoms with Gasteiger partial charge in [0.05, 0.1) is 23.1 Å².